The number of anilines is 1. The molecule has 0 aliphatic rings. The third-order valence-electron chi connectivity index (χ3n) is 3.05. The summed E-state index contributed by atoms with van der Waals surface area (Å²) in [5.41, 5.74) is 3.14. The van der Waals surface area contributed by atoms with Crippen LogP contribution in [0.25, 0.3) is 11.4 Å². The second kappa shape index (κ2) is 6.13. The molecule has 6 nitrogen and oxygen atoms in total. The third-order valence-corrected chi connectivity index (χ3v) is 3.05. The van der Waals surface area contributed by atoms with E-state index in [9.17, 15) is 0 Å². The van der Waals surface area contributed by atoms with Crippen molar-refractivity contribution >= 4 is 5.69 Å². The molecule has 0 amide bonds. The smallest absolute Gasteiger partial charge is 0.204 e. The highest BCUT2D eigenvalue weighted by atomic mass is 15.6. The van der Waals surface area contributed by atoms with Crippen LogP contribution < -0.4 is 5.32 Å². The van der Waals surface area contributed by atoms with Gasteiger partial charge in [0.25, 0.3) is 0 Å². The molecule has 0 unspecified atom stereocenters. The van der Waals surface area contributed by atoms with Crippen LogP contribution in [0.2, 0.25) is 0 Å². The lowest BCUT2D eigenvalue weighted by Gasteiger charge is -2.02. The first-order valence-corrected chi connectivity index (χ1v) is 6.86. The van der Waals surface area contributed by atoms with E-state index >= 15 is 0 Å². The van der Waals surface area contributed by atoms with Gasteiger partial charge in [0.2, 0.25) is 5.82 Å². The molecule has 0 fully saturated rings. The van der Waals surface area contributed by atoms with Crippen LogP contribution >= 0.6 is 0 Å². The summed E-state index contributed by atoms with van der Waals surface area (Å²) in [6, 6.07) is 11.9. The summed E-state index contributed by atoms with van der Waals surface area (Å²) in [6.07, 6.45) is 3.51. The first-order valence-electron chi connectivity index (χ1n) is 6.86. The van der Waals surface area contributed by atoms with Crippen molar-refractivity contribution in [2.75, 3.05) is 11.9 Å². The Morgan fingerprint density at radius 2 is 1.81 bits per heavy atom. The second-order valence-electron chi connectivity index (χ2n) is 4.61. The zero-order valence-electron chi connectivity index (χ0n) is 11.8. The van der Waals surface area contributed by atoms with Crippen molar-refractivity contribution in [3.8, 4) is 11.4 Å². The fourth-order valence-corrected chi connectivity index (χ4v) is 2.02. The fourth-order valence-electron chi connectivity index (χ4n) is 2.02. The predicted molar refractivity (Wildman–Crippen MR) is 80.8 cm³/mol. The van der Waals surface area contributed by atoms with Crippen LogP contribution in [-0.2, 0) is 6.54 Å². The van der Waals surface area contributed by atoms with Gasteiger partial charge in [-0.3, -0.25) is 4.98 Å². The number of pyridine rings is 1. The summed E-state index contributed by atoms with van der Waals surface area (Å²) in [6.45, 7) is 3.56. The Balaban J connectivity index is 1.75. The van der Waals surface area contributed by atoms with Crippen molar-refractivity contribution in [2.45, 2.75) is 13.5 Å². The van der Waals surface area contributed by atoms with Gasteiger partial charge in [0, 0.05) is 30.2 Å². The number of tetrazole rings is 1. The summed E-state index contributed by atoms with van der Waals surface area (Å²) in [7, 11) is 0. The van der Waals surface area contributed by atoms with Crippen LogP contribution in [0.4, 0.5) is 5.69 Å². The lowest BCUT2D eigenvalue weighted by atomic mass is 10.2. The highest BCUT2D eigenvalue weighted by molar-refractivity contribution is 5.58. The summed E-state index contributed by atoms with van der Waals surface area (Å²) in [5, 5.41) is 15.9. The zero-order chi connectivity index (χ0) is 14.5. The molecule has 2 heterocycles. The average Bonchev–Trinajstić information content (AvgIpc) is 2.98. The molecule has 2 aromatic heterocycles. The molecule has 1 aromatic carbocycles. The molecule has 106 valence electrons. The molecule has 0 aliphatic carbocycles. The molecule has 3 rings (SSSR count). The predicted octanol–water partition coefficient (Wildman–Crippen LogP) is 2.22. The maximum atomic E-state index is 4.41. The van der Waals surface area contributed by atoms with E-state index in [1.807, 2.05) is 36.4 Å². The van der Waals surface area contributed by atoms with Crippen molar-refractivity contribution in [1.82, 2.24) is 25.2 Å². The number of nitrogens with one attached hydrogen (secondary N) is 1. The van der Waals surface area contributed by atoms with Crippen LogP contribution in [0.1, 0.15) is 12.5 Å². The SMILES string of the molecule is CCNc1ccc(-c2nnn(Cc3ccncc3)n2)cc1. The minimum Gasteiger partial charge on any atom is -0.385 e. The number of benzene rings is 1. The molecule has 0 atom stereocenters. The molecule has 0 saturated heterocycles. The second-order valence-corrected chi connectivity index (χ2v) is 4.61. The Kier molecular flexibility index (Phi) is 3.86. The van der Waals surface area contributed by atoms with Gasteiger partial charge < -0.3 is 5.32 Å². The Morgan fingerprint density at radius 1 is 1.05 bits per heavy atom. The van der Waals surface area contributed by atoms with E-state index in [0.717, 1.165) is 23.4 Å². The molecule has 0 radical (unpaired) electrons. The Hall–Kier alpha value is -2.76. The lowest BCUT2D eigenvalue weighted by molar-refractivity contribution is 0.572. The highest BCUT2D eigenvalue weighted by Gasteiger charge is 2.06. The molecule has 21 heavy (non-hydrogen) atoms. The van der Waals surface area contributed by atoms with Gasteiger partial charge >= 0.3 is 0 Å². The summed E-state index contributed by atoms with van der Waals surface area (Å²) in [4.78, 5) is 5.58. The van der Waals surface area contributed by atoms with Crippen molar-refractivity contribution in [3.63, 3.8) is 0 Å². The molecule has 0 spiro atoms. The van der Waals surface area contributed by atoms with Gasteiger partial charge in [-0.15, -0.1) is 10.2 Å². The maximum absolute atomic E-state index is 4.41. The topological polar surface area (TPSA) is 68.5 Å². The van der Waals surface area contributed by atoms with E-state index in [-0.39, 0.29) is 0 Å². The number of rotatable bonds is 5. The van der Waals surface area contributed by atoms with Crippen molar-refractivity contribution < 1.29 is 0 Å². The summed E-state index contributed by atoms with van der Waals surface area (Å²) >= 11 is 0. The first-order chi connectivity index (χ1) is 10.3. The molecule has 0 bridgehead atoms. The number of nitrogens with zero attached hydrogens (tertiary/aromatic N) is 5. The van der Waals surface area contributed by atoms with Gasteiger partial charge in [0.1, 0.15) is 0 Å². The monoisotopic (exact) mass is 280 g/mol. The van der Waals surface area contributed by atoms with Crippen LogP contribution in [0.5, 0.6) is 0 Å². The van der Waals surface area contributed by atoms with Crippen LogP contribution in [-0.4, -0.2) is 31.7 Å². The molecule has 1 N–H and O–H groups in total. The standard InChI is InChI=1S/C15H16N6/c1-2-17-14-5-3-13(4-6-14)15-18-20-21(19-15)11-12-7-9-16-10-8-12/h3-10,17H,2,11H2,1H3. The Labute approximate surface area is 122 Å². The molecule has 0 aliphatic heterocycles. The Bertz CT molecular complexity index is 690. The van der Waals surface area contributed by atoms with Crippen LogP contribution in [0.3, 0.4) is 0 Å². The lowest BCUT2D eigenvalue weighted by Crippen LogP contribution is -2.03. The molecular formula is C15H16N6. The van der Waals surface area contributed by atoms with E-state index < -0.39 is 0 Å². The van der Waals surface area contributed by atoms with Gasteiger partial charge in [0.05, 0.1) is 6.54 Å². The van der Waals surface area contributed by atoms with Crippen molar-refractivity contribution in [1.29, 1.82) is 0 Å². The number of hydrogen-bond donors (Lipinski definition) is 1. The molecule has 0 saturated carbocycles. The minimum atomic E-state index is 0.588. The largest absolute Gasteiger partial charge is 0.385 e. The Morgan fingerprint density at radius 3 is 2.52 bits per heavy atom. The summed E-state index contributed by atoms with van der Waals surface area (Å²) < 4.78 is 0. The molecular weight excluding hydrogens is 264 g/mol. The molecule has 6 heteroatoms. The van der Waals surface area contributed by atoms with E-state index in [4.69, 9.17) is 0 Å². The van der Waals surface area contributed by atoms with Crippen molar-refractivity contribution in [3.05, 3.63) is 54.4 Å². The third kappa shape index (κ3) is 3.22. The highest BCUT2D eigenvalue weighted by Crippen LogP contribution is 2.17. The zero-order valence-corrected chi connectivity index (χ0v) is 11.8. The van der Waals surface area contributed by atoms with Gasteiger partial charge in [-0.25, -0.2) is 0 Å². The fraction of sp³-hybridized carbons (Fsp3) is 0.200. The van der Waals surface area contributed by atoms with Gasteiger partial charge in [-0.05, 0) is 54.1 Å². The van der Waals surface area contributed by atoms with Gasteiger partial charge in [-0.1, -0.05) is 0 Å². The number of aromatic nitrogens is 5. The van der Waals surface area contributed by atoms with Gasteiger partial charge in [0.15, 0.2) is 0 Å². The van der Waals surface area contributed by atoms with Crippen LogP contribution in [0.15, 0.2) is 48.8 Å². The normalized spacial score (nSPS) is 10.5. The summed E-state index contributed by atoms with van der Waals surface area (Å²) in [5.74, 6) is 0.632. The van der Waals surface area contributed by atoms with Crippen LogP contribution in [0, 0.1) is 0 Å². The van der Waals surface area contributed by atoms with Crippen molar-refractivity contribution in [2.24, 2.45) is 0 Å². The van der Waals surface area contributed by atoms with Gasteiger partial charge in [-0.2, -0.15) is 4.80 Å². The quantitative estimate of drug-likeness (QED) is 0.776. The first kappa shape index (κ1) is 13.2. The number of hydrogen-bond acceptors (Lipinski definition) is 5. The molecule has 3 aromatic rings. The van der Waals surface area contributed by atoms with E-state index in [1.165, 1.54) is 0 Å². The minimum absolute atomic E-state index is 0.588. The maximum Gasteiger partial charge on any atom is 0.204 e. The van der Waals surface area contributed by atoms with E-state index in [0.29, 0.717) is 12.4 Å². The van der Waals surface area contributed by atoms with E-state index in [1.54, 1.807) is 17.2 Å². The van der Waals surface area contributed by atoms with E-state index in [2.05, 4.69) is 32.6 Å². The average molecular weight is 280 g/mol.